The van der Waals surface area contributed by atoms with Gasteiger partial charge in [0.15, 0.2) is 0 Å². The van der Waals surface area contributed by atoms with Crippen LogP contribution in [-0.4, -0.2) is 50.2 Å². The lowest BCUT2D eigenvalue weighted by atomic mass is 9.55. The number of ether oxygens (including phenoxy) is 1. The molecule has 1 rings (SSSR count). The molecule has 1 saturated carbocycles. The number of rotatable bonds is 5. The zero-order chi connectivity index (χ0) is 13.3. The molecule has 1 fully saturated rings. The van der Waals surface area contributed by atoms with E-state index in [1.807, 2.05) is 19.0 Å². The highest BCUT2D eigenvalue weighted by Gasteiger charge is 2.59. The van der Waals surface area contributed by atoms with Gasteiger partial charge in [-0.25, -0.2) is 0 Å². The monoisotopic (exact) mass is 278 g/mol. The van der Waals surface area contributed by atoms with Gasteiger partial charge in [0.05, 0.1) is 5.60 Å². The smallest absolute Gasteiger partial charge is 0.223 e. The van der Waals surface area contributed by atoms with Crippen LogP contribution in [0.2, 0.25) is 0 Å². The quantitative estimate of drug-likeness (QED) is 0.832. The Kier molecular flexibility index (Phi) is 6.11. The van der Waals surface area contributed by atoms with Gasteiger partial charge in [-0.3, -0.25) is 4.79 Å². The third-order valence-electron chi connectivity index (χ3n) is 4.68. The van der Waals surface area contributed by atoms with Crippen LogP contribution in [0.25, 0.3) is 0 Å². The summed E-state index contributed by atoms with van der Waals surface area (Å²) in [7, 11) is 5.52. The minimum atomic E-state index is -0.116. The fourth-order valence-electron chi connectivity index (χ4n) is 2.66. The zero-order valence-corrected chi connectivity index (χ0v) is 13.2. The minimum absolute atomic E-state index is 0. The van der Waals surface area contributed by atoms with E-state index in [0.29, 0.717) is 6.42 Å². The van der Waals surface area contributed by atoms with Crippen molar-refractivity contribution in [2.75, 3.05) is 27.7 Å². The molecule has 0 aromatic carbocycles. The number of carbonyl (C=O) groups is 1. The molecule has 1 N–H and O–H groups in total. The van der Waals surface area contributed by atoms with Gasteiger partial charge < -0.3 is 15.0 Å². The maximum absolute atomic E-state index is 12.0. The molecule has 0 aromatic heterocycles. The number of hydrogen-bond donors (Lipinski definition) is 1. The molecule has 0 aliphatic heterocycles. The van der Waals surface area contributed by atoms with Crippen molar-refractivity contribution < 1.29 is 9.53 Å². The summed E-state index contributed by atoms with van der Waals surface area (Å²) in [4.78, 5) is 13.9. The number of halogens is 1. The predicted octanol–water partition coefficient (Wildman–Crippen LogP) is 1.68. The third kappa shape index (κ3) is 2.81. The van der Waals surface area contributed by atoms with Crippen LogP contribution >= 0.6 is 12.4 Å². The highest BCUT2D eigenvalue weighted by molar-refractivity contribution is 5.85. The summed E-state index contributed by atoms with van der Waals surface area (Å²) in [6.45, 7) is 7.20. The second-order valence-corrected chi connectivity index (χ2v) is 5.73. The molecule has 0 radical (unpaired) electrons. The van der Waals surface area contributed by atoms with Crippen molar-refractivity contribution in [3.8, 4) is 0 Å². The standard InChI is InChI=1S/C13H26N2O2.ClH/c1-12(2)10(9-13(12,3)17-6)15(5)11(16)7-8-14-4;/h10,14H,7-9H2,1-6H3;1H. The molecular weight excluding hydrogens is 252 g/mol. The van der Waals surface area contributed by atoms with Crippen LogP contribution in [0, 0.1) is 5.41 Å². The second kappa shape index (κ2) is 6.22. The van der Waals surface area contributed by atoms with Gasteiger partial charge in [-0.2, -0.15) is 0 Å². The van der Waals surface area contributed by atoms with Crippen LogP contribution in [0.4, 0.5) is 0 Å². The lowest BCUT2D eigenvalue weighted by Gasteiger charge is -2.61. The summed E-state index contributed by atoms with van der Waals surface area (Å²) in [6, 6.07) is 0.275. The second-order valence-electron chi connectivity index (χ2n) is 5.73. The van der Waals surface area contributed by atoms with E-state index in [-0.39, 0.29) is 35.4 Å². The first-order valence-corrected chi connectivity index (χ1v) is 6.25. The Morgan fingerprint density at radius 1 is 1.44 bits per heavy atom. The largest absolute Gasteiger partial charge is 0.378 e. The lowest BCUT2D eigenvalue weighted by Crippen LogP contribution is -2.68. The lowest BCUT2D eigenvalue weighted by molar-refractivity contribution is -0.207. The van der Waals surface area contributed by atoms with Gasteiger partial charge in [0.2, 0.25) is 5.91 Å². The van der Waals surface area contributed by atoms with Crippen molar-refractivity contribution in [1.29, 1.82) is 0 Å². The Labute approximate surface area is 117 Å². The Bertz CT molecular complexity index is 297. The number of carbonyl (C=O) groups excluding carboxylic acids is 1. The molecule has 4 nitrogen and oxygen atoms in total. The molecule has 0 saturated heterocycles. The van der Waals surface area contributed by atoms with E-state index < -0.39 is 0 Å². The normalized spacial score (nSPS) is 29.1. The van der Waals surface area contributed by atoms with Crippen LogP contribution in [0.5, 0.6) is 0 Å². The fraction of sp³-hybridized carbons (Fsp3) is 0.923. The Hall–Kier alpha value is -0.320. The van der Waals surface area contributed by atoms with E-state index in [4.69, 9.17) is 4.74 Å². The Balaban J connectivity index is 0.00000289. The molecule has 0 spiro atoms. The van der Waals surface area contributed by atoms with Crippen molar-refractivity contribution in [1.82, 2.24) is 10.2 Å². The van der Waals surface area contributed by atoms with Gasteiger partial charge in [0, 0.05) is 38.6 Å². The maximum Gasteiger partial charge on any atom is 0.223 e. The Morgan fingerprint density at radius 2 is 2.00 bits per heavy atom. The van der Waals surface area contributed by atoms with Crippen LogP contribution in [0.3, 0.4) is 0 Å². The van der Waals surface area contributed by atoms with E-state index in [0.717, 1.165) is 13.0 Å². The van der Waals surface area contributed by atoms with Crippen LogP contribution < -0.4 is 5.32 Å². The number of nitrogens with zero attached hydrogens (tertiary/aromatic N) is 1. The number of hydrogen-bond acceptors (Lipinski definition) is 3. The fourth-order valence-corrected chi connectivity index (χ4v) is 2.66. The summed E-state index contributed by atoms with van der Waals surface area (Å²) in [5.74, 6) is 0.204. The average molecular weight is 279 g/mol. The van der Waals surface area contributed by atoms with Crippen molar-refractivity contribution in [2.45, 2.75) is 45.3 Å². The first kappa shape index (κ1) is 17.7. The summed E-state index contributed by atoms with van der Waals surface area (Å²) >= 11 is 0. The first-order valence-electron chi connectivity index (χ1n) is 6.25. The SMILES string of the molecule is CNCCC(=O)N(C)C1CC(C)(OC)C1(C)C.Cl. The molecule has 2 unspecified atom stereocenters. The Morgan fingerprint density at radius 3 is 2.39 bits per heavy atom. The predicted molar refractivity (Wildman–Crippen MR) is 76.2 cm³/mol. The van der Waals surface area contributed by atoms with Crippen LogP contribution in [0.15, 0.2) is 0 Å². The van der Waals surface area contributed by atoms with Gasteiger partial charge in [-0.1, -0.05) is 13.8 Å². The van der Waals surface area contributed by atoms with Gasteiger partial charge in [0.1, 0.15) is 0 Å². The molecule has 1 aliphatic carbocycles. The topological polar surface area (TPSA) is 41.6 Å². The van der Waals surface area contributed by atoms with Crippen molar-refractivity contribution in [3.63, 3.8) is 0 Å². The molecule has 1 aliphatic rings. The maximum atomic E-state index is 12.0. The van der Waals surface area contributed by atoms with Crippen molar-refractivity contribution >= 4 is 18.3 Å². The first-order chi connectivity index (χ1) is 7.80. The molecule has 108 valence electrons. The van der Waals surface area contributed by atoms with Gasteiger partial charge in [0.25, 0.3) is 0 Å². The van der Waals surface area contributed by atoms with E-state index in [9.17, 15) is 4.79 Å². The van der Waals surface area contributed by atoms with Crippen LogP contribution in [-0.2, 0) is 9.53 Å². The summed E-state index contributed by atoms with van der Waals surface area (Å²) in [5.41, 5.74) is -0.110. The van der Waals surface area contributed by atoms with Gasteiger partial charge >= 0.3 is 0 Å². The molecule has 0 aromatic rings. The molecule has 0 heterocycles. The minimum Gasteiger partial charge on any atom is -0.378 e. The average Bonchev–Trinajstić information content (AvgIpc) is 2.31. The molecule has 2 atom stereocenters. The highest BCUT2D eigenvalue weighted by Crippen LogP contribution is 2.53. The molecule has 18 heavy (non-hydrogen) atoms. The van der Waals surface area contributed by atoms with Crippen LogP contribution in [0.1, 0.15) is 33.6 Å². The molecule has 0 bridgehead atoms. The van der Waals surface area contributed by atoms with E-state index in [1.165, 1.54) is 0 Å². The van der Waals surface area contributed by atoms with E-state index in [1.54, 1.807) is 7.11 Å². The number of amides is 1. The summed E-state index contributed by atoms with van der Waals surface area (Å²) in [5, 5.41) is 3.00. The summed E-state index contributed by atoms with van der Waals surface area (Å²) < 4.78 is 5.58. The molecule has 1 amide bonds. The van der Waals surface area contributed by atoms with E-state index in [2.05, 4.69) is 26.1 Å². The van der Waals surface area contributed by atoms with Crippen molar-refractivity contribution in [2.24, 2.45) is 5.41 Å². The third-order valence-corrected chi connectivity index (χ3v) is 4.68. The van der Waals surface area contributed by atoms with Gasteiger partial charge in [-0.15, -0.1) is 12.4 Å². The highest BCUT2D eigenvalue weighted by atomic mass is 35.5. The summed E-state index contributed by atoms with van der Waals surface area (Å²) in [6.07, 6.45) is 1.47. The molecule has 5 heteroatoms. The van der Waals surface area contributed by atoms with Gasteiger partial charge in [-0.05, 0) is 20.4 Å². The van der Waals surface area contributed by atoms with Crippen molar-refractivity contribution in [3.05, 3.63) is 0 Å². The zero-order valence-electron chi connectivity index (χ0n) is 12.4. The number of nitrogens with one attached hydrogen (secondary N) is 1. The molecular formula is C13H27ClN2O2. The number of methoxy groups -OCH3 is 1. The van der Waals surface area contributed by atoms with E-state index >= 15 is 0 Å².